The van der Waals surface area contributed by atoms with Gasteiger partial charge in [-0.25, -0.2) is 4.79 Å². The van der Waals surface area contributed by atoms with E-state index in [2.05, 4.69) is 10.6 Å². The number of rotatable bonds is 12. The zero-order valence-electron chi connectivity index (χ0n) is 23.1. The number of nitrogens with two attached hydrogens (primary N) is 1. The van der Waals surface area contributed by atoms with E-state index in [0.29, 0.717) is 34.1 Å². The zero-order chi connectivity index (χ0) is 29.7. The molecule has 0 aliphatic rings. The third-order valence-corrected chi connectivity index (χ3v) is 6.07. The van der Waals surface area contributed by atoms with Crippen molar-refractivity contribution in [2.75, 3.05) is 29.6 Å². The minimum absolute atomic E-state index is 0.124. The van der Waals surface area contributed by atoms with E-state index >= 15 is 0 Å². The molecule has 0 aromatic heterocycles. The molecule has 0 aliphatic heterocycles. The van der Waals surface area contributed by atoms with Crippen LogP contribution in [0.5, 0.6) is 11.5 Å². The number of aliphatic hydroxyl groups is 1. The highest BCUT2D eigenvalue weighted by Gasteiger charge is 2.28. The van der Waals surface area contributed by atoms with Crippen LogP contribution in [0.3, 0.4) is 0 Å². The third-order valence-electron chi connectivity index (χ3n) is 6.07. The van der Waals surface area contributed by atoms with E-state index in [9.17, 15) is 9.59 Å². The van der Waals surface area contributed by atoms with Crippen LogP contribution >= 0.6 is 0 Å². The molecule has 5 N–H and O–H groups in total. The van der Waals surface area contributed by atoms with E-state index in [4.69, 9.17) is 25.1 Å². The SMILES string of the molecule is Cc1ccc(NC(=O)O[C@@H](c2ccc(OCCO)cc2)[C@H](/C=C/C(=O)Nc2ccccc2N)Oc2ccccc2)cc1. The molecule has 4 aromatic carbocycles. The monoisotopic (exact) mass is 567 g/mol. The lowest BCUT2D eigenvalue weighted by Gasteiger charge is -2.26. The van der Waals surface area contributed by atoms with Crippen molar-refractivity contribution in [1.29, 1.82) is 0 Å². The fraction of sp³-hybridized carbons (Fsp3) is 0.152. The maximum absolute atomic E-state index is 13.1. The molecule has 9 heteroatoms. The van der Waals surface area contributed by atoms with Crippen LogP contribution in [0.1, 0.15) is 17.2 Å². The summed E-state index contributed by atoms with van der Waals surface area (Å²) in [7, 11) is 0. The van der Waals surface area contributed by atoms with E-state index < -0.39 is 24.2 Å². The molecule has 2 amide bonds. The molecular weight excluding hydrogens is 534 g/mol. The molecule has 4 aromatic rings. The normalized spacial score (nSPS) is 12.2. The number of amides is 2. The molecule has 0 radical (unpaired) electrons. The van der Waals surface area contributed by atoms with Gasteiger partial charge in [-0.05, 0) is 67.1 Å². The van der Waals surface area contributed by atoms with Crippen LogP contribution < -0.4 is 25.8 Å². The second-order valence-corrected chi connectivity index (χ2v) is 9.29. The Morgan fingerprint density at radius 2 is 1.55 bits per heavy atom. The summed E-state index contributed by atoms with van der Waals surface area (Å²) in [6.07, 6.45) is 0.239. The van der Waals surface area contributed by atoms with Gasteiger partial charge >= 0.3 is 6.09 Å². The van der Waals surface area contributed by atoms with Gasteiger partial charge in [-0.15, -0.1) is 0 Å². The summed E-state index contributed by atoms with van der Waals surface area (Å²) < 4.78 is 17.7. The maximum Gasteiger partial charge on any atom is 0.412 e. The summed E-state index contributed by atoms with van der Waals surface area (Å²) in [5, 5.41) is 14.6. The Bertz CT molecular complexity index is 1470. The predicted molar refractivity (Wildman–Crippen MR) is 163 cm³/mol. The first-order chi connectivity index (χ1) is 20.4. The van der Waals surface area contributed by atoms with Gasteiger partial charge in [0.25, 0.3) is 0 Å². The number of ether oxygens (including phenoxy) is 3. The van der Waals surface area contributed by atoms with Crippen LogP contribution in [0.2, 0.25) is 0 Å². The lowest BCUT2D eigenvalue weighted by Crippen LogP contribution is -2.30. The van der Waals surface area contributed by atoms with E-state index in [1.165, 1.54) is 12.2 Å². The Morgan fingerprint density at radius 1 is 0.857 bits per heavy atom. The fourth-order valence-corrected chi connectivity index (χ4v) is 3.97. The Balaban J connectivity index is 1.64. The summed E-state index contributed by atoms with van der Waals surface area (Å²) in [5.41, 5.74) is 9.06. The number of anilines is 3. The zero-order valence-corrected chi connectivity index (χ0v) is 23.1. The van der Waals surface area contributed by atoms with Gasteiger partial charge in [0.05, 0.1) is 18.0 Å². The molecular formula is C33H33N3O6. The van der Waals surface area contributed by atoms with Crippen molar-refractivity contribution < 1.29 is 28.9 Å². The van der Waals surface area contributed by atoms with Crippen LogP contribution in [-0.4, -0.2) is 36.4 Å². The van der Waals surface area contributed by atoms with Crippen molar-refractivity contribution >= 4 is 29.1 Å². The standard InChI is InChI=1S/C33H33N3O6/c1-23-11-15-25(16-12-23)35-33(39)42-32(24-13-17-26(18-14-24)40-22-21-37)30(41-27-7-3-2-4-8-27)19-20-31(38)36-29-10-6-5-9-28(29)34/h2-20,30,32,37H,21-22,34H2,1H3,(H,35,39)(H,36,38)/b20-19+/t30-,32-/m0/s1. The molecule has 0 spiro atoms. The molecule has 0 saturated carbocycles. The second-order valence-electron chi connectivity index (χ2n) is 9.29. The Labute approximate surface area is 244 Å². The van der Waals surface area contributed by atoms with Gasteiger partial charge in [-0.2, -0.15) is 0 Å². The number of benzene rings is 4. The first-order valence-corrected chi connectivity index (χ1v) is 13.3. The van der Waals surface area contributed by atoms with Crippen molar-refractivity contribution in [3.05, 3.63) is 126 Å². The predicted octanol–water partition coefficient (Wildman–Crippen LogP) is 5.88. The first-order valence-electron chi connectivity index (χ1n) is 13.3. The minimum Gasteiger partial charge on any atom is -0.491 e. The smallest absolute Gasteiger partial charge is 0.412 e. The number of aryl methyl sites for hydroxylation is 1. The number of para-hydroxylation sites is 3. The molecule has 216 valence electrons. The average molecular weight is 568 g/mol. The van der Waals surface area contributed by atoms with Crippen molar-refractivity contribution in [1.82, 2.24) is 0 Å². The van der Waals surface area contributed by atoms with Crippen molar-refractivity contribution in [3.8, 4) is 11.5 Å². The van der Waals surface area contributed by atoms with Gasteiger partial charge in [0.1, 0.15) is 18.1 Å². The number of hydrogen-bond acceptors (Lipinski definition) is 7. The molecule has 0 unspecified atom stereocenters. The molecule has 42 heavy (non-hydrogen) atoms. The van der Waals surface area contributed by atoms with Crippen LogP contribution in [0, 0.1) is 6.92 Å². The number of aliphatic hydroxyl groups excluding tert-OH is 1. The van der Waals surface area contributed by atoms with Crippen LogP contribution in [0.15, 0.2) is 115 Å². The summed E-state index contributed by atoms with van der Waals surface area (Å²) >= 11 is 0. The molecule has 0 bridgehead atoms. The molecule has 0 aliphatic carbocycles. The summed E-state index contributed by atoms with van der Waals surface area (Å²) in [4.78, 5) is 26.0. The van der Waals surface area contributed by atoms with Crippen LogP contribution in [0.4, 0.5) is 21.9 Å². The molecule has 0 heterocycles. The van der Waals surface area contributed by atoms with Gasteiger partial charge in [0.15, 0.2) is 12.2 Å². The number of carbonyl (C=O) groups excluding carboxylic acids is 2. The molecule has 4 rings (SSSR count). The van der Waals surface area contributed by atoms with E-state index in [-0.39, 0.29) is 13.2 Å². The molecule has 0 saturated heterocycles. The highest BCUT2D eigenvalue weighted by molar-refractivity contribution is 6.01. The second kappa shape index (κ2) is 14.9. The van der Waals surface area contributed by atoms with Crippen LogP contribution in [0.25, 0.3) is 0 Å². The summed E-state index contributed by atoms with van der Waals surface area (Å²) in [6.45, 7) is 1.97. The van der Waals surface area contributed by atoms with Gasteiger partial charge in [0.2, 0.25) is 5.91 Å². The largest absolute Gasteiger partial charge is 0.491 e. The van der Waals surface area contributed by atoms with Gasteiger partial charge in [0, 0.05) is 11.8 Å². The van der Waals surface area contributed by atoms with E-state index in [1.54, 1.807) is 72.8 Å². The quantitative estimate of drug-likeness (QED) is 0.124. The number of nitrogens with one attached hydrogen (secondary N) is 2. The fourth-order valence-electron chi connectivity index (χ4n) is 3.97. The average Bonchev–Trinajstić information content (AvgIpc) is 3.00. The third kappa shape index (κ3) is 8.87. The Hall–Kier alpha value is -5.28. The Morgan fingerprint density at radius 3 is 2.24 bits per heavy atom. The van der Waals surface area contributed by atoms with Gasteiger partial charge in [-0.1, -0.05) is 60.2 Å². The Kier molecular flexibility index (Phi) is 10.6. The lowest BCUT2D eigenvalue weighted by atomic mass is 10.0. The van der Waals surface area contributed by atoms with Crippen molar-refractivity contribution in [2.45, 2.75) is 19.1 Å². The highest BCUT2D eigenvalue weighted by Crippen LogP contribution is 2.29. The first kappa shape index (κ1) is 29.7. The highest BCUT2D eigenvalue weighted by atomic mass is 16.6. The lowest BCUT2D eigenvalue weighted by molar-refractivity contribution is -0.112. The summed E-state index contributed by atoms with van der Waals surface area (Å²) in [5.74, 6) is 0.604. The molecule has 2 atom stereocenters. The van der Waals surface area contributed by atoms with E-state index in [0.717, 1.165) is 5.56 Å². The van der Waals surface area contributed by atoms with Gasteiger partial charge in [-0.3, -0.25) is 10.1 Å². The van der Waals surface area contributed by atoms with E-state index in [1.807, 2.05) is 37.3 Å². The number of nitrogen functional groups attached to an aromatic ring is 1. The minimum atomic E-state index is -0.978. The number of carbonyl (C=O) groups is 2. The maximum atomic E-state index is 13.1. The van der Waals surface area contributed by atoms with Crippen molar-refractivity contribution in [3.63, 3.8) is 0 Å². The van der Waals surface area contributed by atoms with Crippen LogP contribution in [-0.2, 0) is 9.53 Å². The molecule has 9 nitrogen and oxygen atoms in total. The summed E-state index contributed by atoms with van der Waals surface area (Å²) in [6, 6.07) is 30.1. The van der Waals surface area contributed by atoms with Crippen molar-refractivity contribution in [2.24, 2.45) is 0 Å². The van der Waals surface area contributed by atoms with Gasteiger partial charge < -0.3 is 30.4 Å². The molecule has 0 fully saturated rings. The topological polar surface area (TPSA) is 132 Å². The number of hydrogen-bond donors (Lipinski definition) is 4.